The smallest absolute Gasteiger partial charge is 0.339 e. The third-order valence-corrected chi connectivity index (χ3v) is 5.71. The highest BCUT2D eigenvalue weighted by molar-refractivity contribution is 7.30. The highest BCUT2D eigenvalue weighted by Gasteiger charge is 2.17. The molecule has 0 N–H and O–H groups in total. The lowest BCUT2D eigenvalue weighted by atomic mass is 10.2. The third kappa shape index (κ3) is 1.98. The zero-order chi connectivity index (χ0) is 12.5. The van der Waals surface area contributed by atoms with E-state index in [1.807, 2.05) is 18.4 Å². The molecule has 3 aromatic rings. The van der Waals surface area contributed by atoms with Crippen LogP contribution in [0.5, 0.6) is 0 Å². The van der Waals surface area contributed by atoms with Crippen LogP contribution in [0.25, 0.3) is 19.2 Å². The predicted octanol–water partition coefficient (Wildman–Crippen LogP) is 4.87. The maximum absolute atomic E-state index is 11.8. The second kappa shape index (κ2) is 4.84. The van der Waals surface area contributed by atoms with Crippen LogP contribution in [0.2, 0.25) is 0 Å². The first-order valence-corrected chi connectivity index (χ1v) is 8.09. The van der Waals surface area contributed by atoms with Crippen molar-refractivity contribution in [2.75, 3.05) is 6.61 Å². The quantitative estimate of drug-likeness (QED) is 0.644. The SMILES string of the molecule is CCOC(=O)c1ccsc1-c1cc2sccc2s1. The fraction of sp³-hybridized carbons (Fsp3) is 0.154. The molecule has 0 unspecified atom stereocenters. The van der Waals surface area contributed by atoms with Gasteiger partial charge < -0.3 is 4.74 Å². The van der Waals surface area contributed by atoms with Crippen LogP contribution in [0.1, 0.15) is 17.3 Å². The summed E-state index contributed by atoms with van der Waals surface area (Å²) in [6.07, 6.45) is 0. The van der Waals surface area contributed by atoms with E-state index in [0.29, 0.717) is 12.2 Å². The van der Waals surface area contributed by atoms with E-state index in [2.05, 4.69) is 17.5 Å². The van der Waals surface area contributed by atoms with Gasteiger partial charge in [-0.15, -0.1) is 34.0 Å². The van der Waals surface area contributed by atoms with Crippen molar-refractivity contribution in [3.05, 3.63) is 34.5 Å². The van der Waals surface area contributed by atoms with Crippen molar-refractivity contribution in [1.29, 1.82) is 0 Å². The van der Waals surface area contributed by atoms with E-state index < -0.39 is 0 Å². The van der Waals surface area contributed by atoms with E-state index in [1.54, 1.807) is 34.0 Å². The monoisotopic (exact) mass is 294 g/mol. The molecule has 2 nitrogen and oxygen atoms in total. The number of ether oxygens (including phenoxy) is 1. The molecule has 0 saturated carbocycles. The van der Waals surface area contributed by atoms with E-state index in [-0.39, 0.29) is 5.97 Å². The van der Waals surface area contributed by atoms with Gasteiger partial charge in [0.2, 0.25) is 0 Å². The Hall–Kier alpha value is -1.17. The zero-order valence-corrected chi connectivity index (χ0v) is 12.1. The number of thiophene rings is 3. The second-order valence-corrected chi connectivity index (χ2v) is 6.59. The fourth-order valence-corrected chi connectivity index (χ4v) is 4.87. The van der Waals surface area contributed by atoms with Crippen molar-refractivity contribution in [1.82, 2.24) is 0 Å². The molecule has 0 aliphatic carbocycles. The lowest BCUT2D eigenvalue weighted by Gasteiger charge is -2.01. The number of fused-ring (bicyclic) bond motifs is 1. The first-order chi connectivity index (χ1) is 8.79. The van der Waals surface area contributed by atoms with Gasteiger partial charge in [-0.3, -0.25) is 0 Å². The highest BCUT2D eigenvalue weighted by atomic mass is 32.1. The van der Waals surface area contributed by atoms with Gasteiger partial charge in [-0.05, 0) is 35.9 Å². The van der Waals surface area contributed by atoms with E-state index in [1.165, 1.54) is 9.40 Å². The molecule has 0 spiro atoms. The number of carbonyl (C=O) groups excluding carboxylic acids is 1. The van der Waals surface area contributed by atoms with Crippen molar-refractivity contribution in [2.24, 2.45) is 0 Å². The van der Waals surface area contributed by atoms with Gasteiger partial charge in [0.05, 0.1) is 17.0 Å². The van der Waals surface area contributed by atoms with Gasteiger partial charge in [0.15, 0.2) is 0 Å². The number of rotatable bonds is 3. The van der Waals surface area contributed by atoms with Crippen LogP contribution in [0.4, 0.5) is 0 Å². The normalized spacial score (nSPS) is 10.9. The average molecular weight is 294 g/mol. The molecule has 3 rings (SSSR count). The summed E-state index contributed by atoms with van der Waals surface area (Å²) in [4.78, 5) is 14.0. The van der Waals surface area contributed by atoms with Gasteiger partial charge in [-0.1, -0.05) is 0 Å². The van der Waals surface area contributed by atoms with Gasteiger partial charge in [0.1, 0.15) is 0 Å². The topological polar surface area (TPSA) is 26.3 Å². The Morgan fingerprint density at radius 1 is 1.22 bits per heavy atom. The van der Waals surface area contributed by atoms with Crippen LogP contribution in [-0.4, -0.2) is 12.6 Å². The third-order valence-electron chi connectivity index (χ3n) is 2.52. The molecule has 0 amide bonds. The molecular formula is C13H10O2S3. The van der Waals surface area contributed by atoms with Crippen molar-refractivity contribution in [2.45, 2.75) is 6.92 Å². The number of esters is 1. The minimum absolute atomic E-state index is 0.231. The van der Waals surface area contributed by atoms with Gasteiger partial charge >= 0.3 is 5.97 Å². The number of hydrogen-bond donors (Lipinski definition) is 0. The summed E-state index contributed by atoms with van der Waals surface area (Å²) in [5, 5.41) is 4.03. The molecule has 3 aromatic heterocycles. The highest BCUT2D eigenvalue weighted by Crippen LogP contribution is 2.40. The molecule has 18 heavy (non-hydrogen) atoms. The van der Waals surface area contributed by atoms with Crippen molar-refractivity contribution >= 4 is 49.4 Å². The van der Waals surface area contributed by atoms with Crippen LogP contribution in [0, 0.1) is 0 Å². The van der Waals surface area contributed by atoms with E-state index in [0.717, 1.165) is 9.75 Å². The maximum atomic E-state index is 11.8. The zero-order valence-electron chi connectivity index (χ0n) is 9.64. The maximum Gasteiger partial charge on any atom is 0.339 e. The summed E-state index contributed by atoms with van der Waals surface area (Å²) in [5.74, 6) is -0.231. The summed E-state index contributed by atoms with van der Waals surface area (Å²) in [5.41, 5.74) is 0.677. The minimum atomic E-state index is -0.231. The summed E-state index contributed by atoms with van der Waals surface area (Å²) in [6.45, 7) is 2.23. The first kappa shape index (κ1) is 11.9. The Balaban J connectivity index is 2.04. The van der Waals surface area contributed by atoms with Gasteiger partial charge in [-0.25, -0.2) is 4.79 Å². The first-order valence-electron chi connectivity index (χ1n) is 5.51. The number of carbonyl (C=O) groups is 1. The average Bonchev–Trinajstić information content (AvgIpc) is 3.03. The summed E-state index contributed by atoms with van der Waals surface area (Å²) in [7, 11) is 0. The standard InChI is InChI=1S/C13H10O2S3/c1-2-15-13(14)8-3-5-17-12(8)11-7-10-9(18-11)4-6-16-10/h3-7H,2H2,1H3. The summed E-state index contributed by atoms with van der Waals surface area (Å²) in [6, 6.07) is 6.11. The molecule has 0 aromatic carbocycles. The van der Waals surface area contributed by atoms with Gasteiger partial charge in [-0.2, -0.15) is 0 Å². The summed E-state index contributed by atoms with van der Waals surface area (Å²) < 4.78 is 7.63. The molecule has 0 saturated heterocycles. The van der Waals surface area contributed by atoms with E-state index >= 15 is 0 Å². The van der Waals surface area contributed by atoms with Crippen molar-refractivity contribution in [3.8, 4) is 9.75 Å². The molecule has 92 valence electrons. The molecular weight excluding hydrogens is 284 g/mol. The van der Waals surface area contributed by atoms with Crippen molar-refractivity contribution in [3.63, 3.8) is 0 Å². The summed E-state index contributed by atoms with van der Waals surface area (Å²) >= 11 is 5.04. The predicted molar refractivity (Wildman–Crippen MR) is 79.0 cm³/mol. The van der Waals surface area contributed by atoms with Crippen LogP contribution in [0.15, 0.2) is 29.0 Å². The molecule has 5 heteroatoms. The molecule has 0 atom stereocenters. The largest absolute Gasteiger partial charge is 0.462 e. The Labute approximate surface area is 116 Å². The Kier molecular flexibility index (Phi) is 3.20. The molecule has 0 aliphatic rings. The molecule has 3 heterocycles. The number of hydrogen-bond acceptors (Lipinski definition) is 5. The van der Waals surface area contributed by atoms with Crippen molar-refractivity contribution < 1.29 is 9.53 Å². The van der Waals surface area contributed by atoms with Crippen LogP contribution in [-0.2, 0) is 4.74 Å². The Morgan fingerprint density at radius 2 is 2.06 bits per heavy atom. The van der Waals surface area contributed by atoms with Gasteiger partial charge in [0, 0.05) is 14.3 Å². The van der Waals surface area contributed by atoms with Gasteiger partial charge in [0.25, 0.3) is 0 Å². The molecule has 0 bridgehead atoms. The van der Waals surface area contributed by atoms with Crippen LogP contribution in [0.3, 0.4) is 0 Å². The minimum Gasteiger partial charge on any atom is -0.462 e. The van der Waals surface area contributed by atoms with Crippen LogP contribution < -0.4 is 0 Å². The Morgan fingerprint density at radius 3 is 2.83 bits per heavy atom. The lowest BCUT2D eigenvalue weighted by molar-refractivity contribution is 0.0528. The fourth-order valence-electron chi connectivity index (χ4n) is 1.75. The Bertz CT molecular complexity index is 661. The van der Waals surface area contributed by atoms with E-state index in [4.69, 9.17) is 4.74 Å². The molecule has 0 aliphatic heterocycles. The lowest BCUT2D eigenvalue weighted by Crippen LogP contribution is -2.03. The van der Waals surface area contributed by atoms with E-state index in [9.17, 15) is 4.79 Å². The second-order valence-electron chi connectivity index (χ2n) is 3.64. The van der Waals surface area contributed by atoms with Crippen LogP contribution >= 0.6 is 34.0 Å². The molecule has 0 fully saturated rings. The molecule has 0 radical (unpaired) electrons.